The van der Waals surface area contributed by atoms with Gasteiger partial charge in [-0.05, 0) is 19.1 Å². The highest BCUT2D eigenvalue weighted by atomic mass is 35.5. The molecule has 9 nitrogen and oxygen atoms in total. The molecule has 1 aromatic carbocycles. The molecule has 0 aliphatic carbocycles. The number of piperazine rings is 2. The van der Waals surface area contributed by atoms with E-state index in [0.29, 0.717) is 50.5 Å². The lowest BCUT2D eigenvalue weighted by atomic mass is 10.1. The minimum atomic E-state index is -0.440. The van der Waals surface area contributed by atoms with Gasteiger partial charge in [0.2, 0.25) is 5.91 Å². The van der Waals surface area contributed by atoms with Crippen molar-refractivity contribution in [3.8, 4) is 0 Å². The second kappa shape index (κ2) is 9.20. The highest BCUT2D eigenvalue weighted by molar-refractivity contribution is 5.96. The maximum absolute atomic E-state index is 12.8. The van der Waals surface area contributed by atoms with Crippen LogP contribution < -0.4 is 10.2 Å². The van der Waals surface area contributed by atoms with Crippen LogP contribution in [0, 0.1) is 10.1 Å². The summed E-state index contributed by atoms with van der Waals surface area (Å²) in [6.07, 6.45) is 0. The van der Waals surface area contributed by atoms with Crippen molar-refractivity contribution >= 4 is 35.6 Å². The van der Waals surface area contributed by atoms with E-state index in [-0.39, 0.29) is 36.0 Å². The van der Waals surface area contributed by atoms with Crippen molar-refractivity contribution in [2.75, 3.05) is 50.7 Å². The Morgan fingerprint density at radius 1 is 1.18 bits per heavy atom. The van der Waals surface area contributed by atoms with Crippen LogP contribution in [0.1, 0.15) is 24.2 Å². The van der Waals surface area contributed by atoms with Gasteiger partial charge in [0.05, 0.1) is 4.92 Å². The predicted octanol–water partition coefficient (Wildman–Crippen LogP) is 1.12. The van der Waals surface area contributed by atoms with Crippen LogP contribution in [0.5, 0.6) is 0 Å². The molecule has 154 valence electrons. The average molecular weight is 412 g/mol. The zero-order valence-corrected chi connectivity index (χ0v) is 16.9. The van der Waals surface area contributed by atoms with Gasteiger partial charge in [0.1, 0.15) is 5.69 Å². The molecule has 1 aromatic rings. The van der Waals surface area contributed by atoms with E-state index in [2.05, 4.69) is 5.32 Å². The number of halogens is 1. The lowest BCUT2D eigenvalue weighted by molar-refractivity contribution is -0.384. The lowest BCUT2D eigenvalue weighted by Crippen LogP contribution is -2.52. The van der Waals surface area contributed by atoms with Crippen LogP contribution in [-0.4, -0.2) is 78.4 Å². The highest BCUT2D eigenvalue weighted by Crippen LogP contribution is 2.30. The fraction of sp³-hybridized carbons (Fsp3) is 0.556. The van der Waals surface area contributed by atoms with Crippen LogP contribution in [0.25, 0.3) is 0 Å². The van der Waals surface area contributed by atoms with E-state index in [4.69, 9.17) is 0 Å². The molecule has 2 aliphatic heterocycles. The highest BCUT2D eigenvalue weighted by Gasteiger charge is 2.28. The molecular formula is C18H26ClN5O4. The Balaban J connectivity index is 0.00000280. The van der Waals surface area contributed by atoms with Gasteiger partial charge in [0.15, 0.2) is 0 Å². The molecule has 2 aliphatic rings. The minimum Gasteiger partial charge on any atom is -0.362 e. The summed E-state index contributed by atoms with van der Waals surface area (Å²) >= 11 is 0. The molecule has 0 bridgehead atoms. The van der Waals surface area contributed by atoms with E-state index in [1.165, 1.54) is 13.0 Å². The quantitative estimate of drug-likeness (QED) is 0.591. The van der Waals surface area contributed by atoms with Crippen LogP contribution in [0.2, 0.25) is 0 Å². The second-order valence-electron chi connectivity index (χ2n) is 7.01. The Kier molecular flexibility index (Phi) is 7.20. The second-order valence-corrected chi connectivity index (χ2v) is 7.01. The smallest absolute Gasteiger partial charge is 0.293 e. The van der Waals surface area contributed by atoms with E-state index in [0.717, 1.165) is 6.54 Å². The molecule has 2 heterocycles. The summed E-state index contributed by atoms with van der Waals surface area (Å²) in [4.78, 5) is 40.8. The Bertz CT molecular complexity index is 751. The number of carbonyl (C=O) groups is 2. The molecule has 1 N–H and O–H groups in total. The van der Waals surface area contributed by atoms with Crippen molar-refractivity contribution in [1.82, 2.24) is 15.1 Å². The average Bonchev–Trinajstić information content (AvgIpc) is 2.67. The van der Waals surface area contributed by atoms with Gasteiger partial charge in [-0.3, -0.25) is 19.7 Å². The SMILES string of the molecule is CC(=O)N1CCN(c2ccc(C(=O)N3CCNC[C@@H]3C)cc2[N+](=O)[O-])CC1.Cl. The summed E-state index contributed by atoms with van der Waals surface area (Å²) in [5.74, 6) is -0.171. The summed E-state index contributed by atoms with van der Waals surface area (Å²) < 4.78 is 0. The standard InChI is InChI=1S/C18H25N5O4.ClH/c1-13-12-19-5-6-22(13)18(25)15-3-4-16(17(11-15)23(26)27)21-9-7-20(8-10-21)14(2)24;/h3-4,11,13,19H,5-10,12H2,1-2H3;1H/t13-;/m0./s1. The van der Waals surface area contributed by atoms with E-state index < -0.39 is 4.92 Å². The molecule has 28 heavy (non-hydrogen) atoms. The lowest BCUT2D eigenvalue weighted by Gasteiger charge is -2.35. The molecule has 0 unspecified atom stereocenters. The van der Waals surface area contributed by atoms with Gasteiger partial charge in [-0.15, -0.1) is 12.4 Å². The van der Waals surface area contributed by atoms with Crippen molar-refractivity contribution in [2.45, 2.75) is 19.9 Å². The summed E-state index contributed by atoms with van der Waals surface area (Å²) in [5, 5.41) is 14.9. The van der Waals surface area contributed by atoms with Crippen LogP contribution in [0.15, 0.2) is 18.2 Å². The zero-order valence-electron chi connectivity index (χ0n) is 16.1. The molecule has 0 spiro atoms. The molecule has 2 saturated heterocycles. The van der Waals surface area contributed by atoms with Crippen molar-refractivity contribution in [3.63, 3.8) is 0 Å². The number of nitrogens with zero attached hydrogens (tertiary/aromatic N) is 4. The minimum absolute atomic E-state index is 0. The van der Waals surface area contributed by atoms with Crippen molar-refractivity contribution in [2.24, 2.45) is 0 Å². The molecule has 0 aromatic heterocycles. The number of carbonyl (C=O) groups excluding carboxylic acids is 2. The van der Waals surface area contributed by atoms with Crippen molar-refractivity contribution in [1.29, 1.82) is 0 Å². The van der Waals surface area contributed by atoms with Crippen LogP contribution >= 0.6 is 12.4 Å². The third-order valence-electron chi connectivity index (χ3n) is 5.25. The van der Waals surface area contributed by atoms with Gasteiger partial charge in [0, 0.05) is 70.4 Å². The number of hydrogen-bond acceptors (Lipinski definition) is 6. The first kappa shape index (κ1) is 21.9. The predicted molar refractivity (Wildman–Crippen MR) is 108 cm³/mol. The van der Waals surface area contributed by atoms with Gasteiger partial charge >= 0.3 is 0 Å². The first-order valence-corrected chi connectivity index (χ1v) is 9.19. The number of hydrogen-bond donors (Lipinski definition) is 1. The van der Waals surface area contributed by atoms with E-state index >= 15 is 0 Å². The van der Waals surface area contributed by atoms with Gasteiger partial charge in [-0.1, -0.05) is 0 Å². The van der Waals surface area contributed by atoms with Gasteiger partial charge in [0.25, 0.3) is 11.6 Å². The fourth-order valence-electron chi connectivity index (χ4n) is 3.64. The largest absolute Gasteiger partial charge is 0.362 e. The number of anilines is 1. The number of nitro benzene ring substituents is 1. The monoisotopic (exact) mass is 411 g/mol. The molecule has 2 amide bonds. The van der Waals surface area contributed by atoms with Gasteiger partial charge < -0.3 is 20.0 Å². The molecule has 2 fully saturated rings. The molecule has 3 rings (SSSR count). The fourth-order valence-corrected chi connectivity index (χ4v) is 3.64. The van der Waals surface area contributed by atoms with Crippen molar-refractivity contribution < 1.29 is 14.5 Å². The number of nitrogens with one attached hydrogen (secondary N) is 1. The third-order valence-corrected chi connectivity index (χ3v) is 5.25. The van der Waals surface area contributed by atoms with Crippen LogP contribution in [0.4, 0.5) is 11.4 Å². The number of nitro groups is 1. The first-order chi connectivity index (χ1) is 12.9. The third kappa shape index (κ3) is 4.53. The van der Waals surface area contributed by atoms with Crippen molar-refractivity contribution in [3.05, 3.63) is 33.9 Å². The van der Waals surface area contributed by atoms with Crippen LogP contribution in [-0.2, 0) is 4.79 Å². The van der Waals surface area contributed by atoms with E-state index in [1.54, 1.807) is 21.9 Å². The maximum Gasteiger partial charge on any atom is 0.293 e. The molecule has 1 atom stereocenters. The normalized spacial score (nSPS) is 19.8. The zero-order chi connectivity index (χ0) is 19.6. The van der Waals surface area contributed by atoms with E-state index in [9.17, 15) is 19.7 Å². The first-order valence-electron chi connectivity index (χ1n) is 9.19. The summed E-state index contributed by atoms with van der Waals surface area (Å²) in [6, 6.07) is 4.74. The Hall–Kier alpha value is -2.39. The molecule has 0 radical (unpaired) electrons. The Labute approximate surface area is 170 Å². The summed E-state index contributed by atoms with van der Waals surface area (Å²) in [6.45, 7) is 7.63. The molecule has 0 saturated carbocycles. The number of benzene rings is 1. The summed E-state index contributed by atoms with van der Waals surface area (Å²) in [5.41, 5.74) is 0.759. The van der Waals surface area contributed by atoms with Crippen LogP contribution in [0.3, 0.4) is 0 Å². The summed E-state index contributed by atoms with van der Waals surface area (Å²) in [7, 11) is 0. The molecular weight excluding hydrogens is 386 g/mol. The van der Waals surface area contributed by atoms with E-state index in [1.807, 2.05) is 11.8 Å². The van der Waals surface area contributed by atoms with Gasteiger partial charge in [-0.25, -0.2) is 0 Å². The topological polar surface area (TPSA) is 99.0 Å². The molecule has 10 heteroatoms. The Morgan fingerprint density at radius 3 is 2.43 bits per heavy atom. The number of amides is 2. The Morgan fingerprint density at radius 2 is 1.86 bits per heavy atom. The number of rotatable bonds is 3. The van der Waals surface area contributed by atoms with Gasteiger partial charge in [-0.2, -0.15) is 0 Å². The maximum atomic E-state index is 12.8.